The standard InChI is InChI=1S/C14H10FNO3/c15-10-5-9(7-16-8-10)1-3-13(18)12-6-11(17)2-4-14(12)19/h1-8,17,19H. The summed E-state index contributed by atoms with van der Waals surface area (Å²) in [6, 6.07) is 4.87. The maximum absolute atomic E-state index is 12.9. The smallest absolute Gasteiger partial charge is 0.189 e. The number of benzene rings is 1. The largest absolute Gasteiger partial charge is 0.508 e. The minimum atomic E-state index is -0.505. The molecule has 0 spiro atoms. The highest BCUT2D eigenvalue weighted by Crippen LogP contribution is 2.23. The van der Waals surface area contributed by atoms with Gasteiger partial charge in [0, 0.05) is 6.20 Å². The Balaban J connectivity index is 2.23. The fourth-order valence-electron chi connectivity index (χ4n) is 1.50. The number of aromatic nitrogens is 1. The molecule has 0 aliphatic heterocycles. The van der Waals surface area contributed by atoms with Crippen LogP contribution < -0.4 is 0 Å². The van der Waals surface area contributed by atoms with Crippen LogP contribution in [-0.2, 0) is 0 Å². The van der Waals surface area contributed by atoms with Crippen molar-refractivity contribution in [3.05, 3.63) is 59.7 Å². The highest BCUT2D eigenvalue weighted by molar-refractivity contribution is 6.08. The van der Waals surface area contributed by atoms with Gasteiger partial charge in [0.25, 0.3) is 0 Å². The van der Waals surface area contributed by atoms with E-state index in [-0.39, 0.29) is 17.1 Å². The summed E-state index contributed by atoms with van der Waals surface area (Å²) in [5.74, 6) is -1.36. The summed E-state index contributed by atoms with van der Waals surface area (Å²) in [6.07, 6.45) is 5.00. The number of halogens is 1. The van der Waals surface area contributed by atoms with E-state index in [0.717, 1.165) is 12.3 Å². The van der Waals surface area contributed by atoms with Crippen molar-refractivity contribution in [2.45, 2.75) is 0 Å². The van der Waals surface area contributed by atoms with Crippen LogP contribution in [0, 0.1) is 5.82 Å². The quantitative estimate of drug-likeness (QED) is 0.505. The zero-order valence-corrected chi connectivity index (χ0v) is 9.75. The minimum absolute atomic E-state index is 0.0272. The first-order valence-electron chi connectivity index (χ1n) is 5.41. The number of carbonyl (C=O) groups excluding carboxylic acids is 1. The van der Waals surface area contributed by atoms with Gasteiger partial charge in [0.15, 0.2) is 5.78 Å². The number of nitrogens with zero attached hydrogens (tertiary/aromatic N) is 1. The number of hydrogen-bond donors (Lipinski definition) is 2. The lowest BCUT2D eigenvalue weighted by Gasteiger charge is -2.01. The second kappa shape index (κ2) is 5.30. The number of pyridine rings is 1. The lowest BCUT2D eigenvalue weighted by molar-refractivity contribution is 0.104. The minimum Gasteiger partial charge on any atom is -0.508 e. The normalized spacial score (nSPS) is 10.8. The Morgan fingerprint density at radius 3 is 2.74 bits per heavy atom. The number of hydrogen-bond acceptors (Lipinski definition) is 4. The maximum atomic E-state index is 12.9. The molecule has 0 amide bonds. The van der Waals surface area contributed by atoms with Gasteiger partial charge in [-0.15, -0.1) is 0 Å². The Hall–Kier alpha value is -2.69. The van der Waals surface area contributed by atoms with Crippen LogP contribution in [0.2, 0.25) is 0 Å². The van der Waals surface area contributed by atoms with E-state index in [9.17, 15) is 19.4 Å². The van der Waals surface area contributed by atoms with Crippen molar-refractivity contribution in [1.82, 2.24) is 4.98 Å². The molecule has 96 valence electrons. The van der Waals surface area contributed by atoms with Gasteiger partial charge < -0.3 is 10.2 Å². The summed E-state index contributed by atoms with van der Waals surface area (Å²) in [5, 5.41) is 18.8. The van der Waals surface area contributed by atoms with Crippen molar-refractivity contribution in [2.75, 3.05) is 0 Å². The molecule has 0 aliphatic carbocycles. The van der Waals surface area contributed by atoms with Gasteiger partial charge in [-0.2, -0.15) is 0 Å². The van der Waals surface area contributed by atoms with E-state index in [2.05, 4.69) is 4.98 Å². The summed E-state index contributed by atoms with van der Waals surface area (Å²) < 4.78 is 12.9. The average Bonchev–Trinajstić information content (AvgIpc) is 2.39. The fraction of sp³-hybridized carbons (Fsp3) is 0. The molecular formula is C14H10FNO3. The third-order valence-electron chi connectivity index (χ3n) is 2.40. The third kappa shape index (κ3) is 3.16. The van der Waals surface area contributed by atoms with Crippen LogP contribution in [0.25, 0.3) is 6.08 Å². The Morgan fingerprint density at radius 2 is 2.00 bits per heavy atom. The van der Waals surface area contributed by atoms with Gasteiger partial charge >= 0.3 is 0 Å². The average molecular weight is 259 g/mol. The number of ketones is 1. The molecule has 2 rings (SSSR count). The van der Waals surface area contributed by atoms with E-state index in [1.807, 2.05) is 0 Å². The van der Waals surface area contributed by atoms with Crippen LogP contribution in [0.15, 0.2) is 42.7 Å². The molecule has 0 fully saturated rings. The van der Waals surface area contributed by atoms with Crippen LogP contribution in [0.3, 0.4) is 0 Å². The second-order valence-corrected chi connectivity index (χ2v) is 3.84. The predicted octanol–water partition coefficient (Wildman–Crippen LogP) is 2.53. The number of carbonyl (C=O) groups is 1. The van der Waals surface area contributed by atoms with Crippen molar-refractivity contribution >= 4 is 11.9 Å². The molecule has 0 saturated carbocycles. The number of rotatable bonds is 3. The molecule has 0 bridgehead atoms. The first kappa shape index (κ1) is 12.8. The van der Waals surface area contributed by atoms with Crippen LogP contribution in [0.5, 0.6) is 11.5 Å². The third-order valence-corrected chi connectivity index (χ3v) is 2.40. The summed E-state index contributed by atoms with van der Waals surface area (Å²) in [6.45, 7) is 0. The molecule has 0 radical (unpaired) electrons. The second-order valence-electron chi connectivity index (χ2n) is 3.84. The summed E-state index contributed by atoms with van der Waals surface area (Å²) >= 11 is 0. The molecule has 0 unspecified atom stereocenters. The molecule has 2 aromatic rings. The van der Waals surface area contributed by atoms with Gasteiger partial charge in [0.1, 0.15) is 17.3 Å². The molecule has 5 heteroatoms. The van der Waals surface area contributed by atoms with E-state index in [1.165, 1.54) is 36.5 Å². The predicted molar refractivity (Wildman–Crippen MR) is 67.3 cm³/mol. The molecule has 19 heavy (non-hydrogen) atoms. The zero-order chi connectivity index (χ0) is 13.8. The van der Waals surface area contributed by atoms with Crippen LogP contribution in [0.4, 0.5) is 4.39 Å². The topological polar surface area (TPSA) is 70.4 Å². The summed E-state index contributed by atoms with van der Waals surface area (Å²) in [5.41, 5.74) is 0.397. The van der Waals surface area contributed by atoms with E-state index in [1.54, 1.807) is 0 Å². The number of phenolic OH excluding ortho intramolecular Hbond substituents is 2. The fourth-order valence-corrected chi connectivity index (χ4v) is 1.50. The Bertz CT molecular complexity index is 653. The molecule has 0 atom stereocenters. The van der Waals surface area contributed by atoms with Crippen molar-refractivity contribution in [3.63, 3.8) is 0 Å². The highest BCUT2D eigenvalue weighted by atomic mass is 19.1. The van der Waals surface area contributed by atoms with Gasteiger partial charge in [-0.1, -0.05) is 0 Å². The number of allylic oxidation sites excluding steroid dienone is 1. The molecule has 1 aromatic heterocycles. The van der Waals surface area contributed by atoms with Gasteiger partial charge in [0.2, 0.25) is 0 Å². The van der Waals surface area contributed by atoms with Crippen LogP contribution in [0.1, 0.15) is 15.9 Å². The number of phenols is 2. The van der Waals surface area contributed by atoms with Gasteiger partial charge in [-0.3, -0.25) is 9.78 Å². The van der Waals surface area contributed by atoms with Gasteiger partial charge in [-0.25, -0.2) is 4.39 Å². The van der Waals surface area contributed by atoms with E-state index in [4.69, 9.17) is 0 Å². The summed E-state index contributed by atoms with van der Waals surface area (Å²) in [4.78, 5) is 15.4. The first-order valence-corrected chi connectivity index (χ1v) is 5.41. The molecule has 0 saturated heterocycles. The van der Waals surface area contributed by atoms with Crippen molar-refractivity contribution in [2.24, 2.45) is 0 Å². The van der Waals surface area contributed by atoms with Gasteiger partial charge in [0.05, 0.1) is 11.8 Å². The zero-order valence-electron chi connectivity index (χ0n) is 9.75. The Kier molecular flexibility index (Phi) is 3.56. The lowest BCUT2D eigenvalue weighted by atomic mass is 10.1. The Morgan fingerprint density at radius 1 is 1.21 bits per heavy atom. The van der Waals surface area contributed by atoms with E-state index in [0.29, 0.717) is 5.56 Å². The van der Waals surface area contributed by atoms with Crippen molar-refractivity contribution in [1.29, 1.82) is 0 Å². The SMILES string of the molecule is O=C(C=Cc1cncc(F)c1)c1cc(O)ccc1O. The summed E-state index contributed by atoms with van der Waals surface area (Å²) in [7, 11) is 0. The first-order chi connectivity index (χ1) is 9.06. The van der Waals surface area contributed by atoms with Crippen molar-refractivity contribution < 1.29 is 19.4 Å². The van der Waals surface area contributed by atoms with E-state index < -0.39 is 11.6 Å². The number of aromatic hydroxyl groups is 2. The van der Waals surface area contributed by atoms with Gasteiger partial charge in [-0.05, 0) is 42.0 Å². The molecule has 4 nitrogen and oxygen atoms in total. The van der Waals surface area contributed by atoms with Crippen LogP contribution >= 0.6 is 0 Å². The Labute approximate surface area is 108 Å². The lowest BCUT2D eigenvalue weighted by Crippen LogP contribution is -1.94. The molecule has 1 aromatic carbocycles. The maximum Gasteiger partial charge on any atom is 0.189 e. The van der Waals surface area contributed by atoms with Crippen LogP contribution in [-0.4, -0.2) is 21.0 Å². The highest BCUT2D eigenvalue weighted by Gasteiger charge is 2.09. The molecule has 1 heterocycles. The van der Waals surface area contributed by atoms with E-state index >= 15 is 0 Å². The molecular weight excluding hydrogens is 249 g/mol. The monoisotopic (exact) mass is 259 g/mol. The molecule has 0 aliphatic rings. The molecule has 2 N–H and O–H groups in total. The van der Waals surface area contributed by atoms with Crippen molar-refractivity contribution in [3.8, 4) is 11.5 Å².